The molecule has 5 heteroatoms. The van der Waals surface area contributed by atoms with Crippen LogP contribution in [0.3, 0.4) is 0 Å². The summed E-state index contributed by atoms with van der Waals surface area (Å²) in [7, 11) is 0. The molecule has 0 bridgehead atoms. The summed E-state index contributed by atoms with van der Waals surface area (Å²) in [5.41, 5.74) is 3.04. The van der Waals surface area contributed by atoms with Crippen LogP contribution in [0.4, 0.5) is 18.9 Å². The SMILES string of the molecule is Cc1cc(Cl)cc2c1NC(c1cccc(C(F)(F)F)c1)C2. The summed E-state index contributed by atoms with van der Waals surface area (Å²) in [6, 6.07) is 9.03. The normalized spacial score (nSPS) is 17.5. The summed E-state index contributed by atoms with van der Waals surface area (Å²) < 4.78 is 38.4. The molecule has 110 valence electrons. The van der Waals surface area contributed by atoms with Gasteiger partial charge in [-0.05, 0) is 54.3 Å². The highest BCUT2D eigenvalue weighted by Gasteiger charge is 2.32. The molecule has 1 nitrogen and oxygen atoms in total. The van der Waals surface area contributed by atoms with E-state index in [1.54, 1.807) is 6.07 Å². The summed E-state index contributed by atoms with van der Waals surface area (Å²) in [6.45, 7) is 1.94. The fourth-order valence-electron chi connectivity index (χ4n) is 2.76. The minimum Gasteiger partial charge on any atom is -0.377 e. The average molecular weight is 312 g/mol. The van der Waals surface area contributed by atoms with E-state index in [-0.39, 0.29) is 6.04 Å². The quantitative estimate of drug-likeness (QED) is 0.746. The molecular formula is C16H13ClF3N. The fraction of sp³-hybridized carbons (Fsp3) is 0.250. The predicted molar refractivity (Wildman–Crippen MR) is 77.7 cm³/mol. The van der Waals surface area contributed by atoms with Gasteiger partial charge in [-0.1, -0.05) is 23.7 Å². The molecule has 21 heavy (non-hydrogen) atoms. The zero-order valence-electron chi connectivity index (χ0n) is 11.3. The first-order chi connectivity index (χ1) is 9.84. The van der Waals surface area contributed by atoms with E-state index in [9.17, 15) is 13.2 Å². The van der Waals surface area contributed by atoms with Crippen molar-refractivity contribution in [2.45, 2.75) is 25.6 Å². The molecule has 1 N–H and O–H groups in total. The Morgan fingerprint density at radius 2 is 1.95 bits per heavy atom. The maximum absolute atomic E-state index is 12.8. The molecule has 1 aliphatic rings. The highest BCUT2D eigenvalue weighted by Crippen LogP contribution is 2.39. The standard InChI is InChI=1S/C16H13ClF3N/c1-9-5-13(17)7-11-8-14(21-15(9)11)10-3-2-4-12(6-10)16(18,19)20/h2-7,14,21H,8H2,1H3. The summed E-state index contributed by atoms with van der Waals surface area (Å²) in [5, 5.41) is 3.95. The highest BCUT2D eigenvalue weighted by molar-refractivity contribution is 6.30. The monoisotopic (exact) mass is 311 g/mol. The van der Waals surface area contributed by atoms with Crippen LogP contribution in [-0.2, 0) is 12.6 Å². The molecule has 0 fully saturated rings. The smallest absolute Gasteiger partial charge is 0.377 e. The lowest BCUT2D eigenvalue weighted by Gasteiger charge is -2.15. The Bertz CT molecular complexity index is 694. The van der Waals surface area contributed by atoms with E-state index in [2.05, 4.69) is 5.32 Å². The van der Waals surface area contributed by atoms with Crippen molar-refractivity contribution in [3.05, 3.63) is 63.7 Å². The average Bonchev–Trinajstić information content (AvgIpc) is 2.82. The number of rotatable bonds is 1. The number of hydrogen-bond donors (Lipinski definition) is 1. The number of halogens is 4. The number of hydrogen-bond acceptors (Lipinski definition) is 1. The van der Waals surface area contributed by atoms with E-state index in [1.807, 2.05) is 19.1 Å². The van der Waals surface area contributed by atoms with Crippen LogP contribution in [-0.4, -0.2) is 0 Å². The van der Waals surface area contributed by atoms with Crippen LogP contribution in [0.2, 0.25) is 5.02 Å². The van der Waals surface area contributed by atoms with E-state index in [1.165, 1.54) is 12.1 Å². The lowest BCUT2D eigenvalue weighted by Crippen LogP contribution is -2.10. The van der Waals surface area contributed by atoms with Gasteiger partial charge in [0.2, 0.25) is 0 Å². The van der Waals surface area contributed by atoms with Gasteiger partial charge in [0.15, 0.2) is 0 Å². The molecule has 0 spiro atoms. The van der Waals surface area contributed by atoms with Gasteiger partial charge in [-0.2, -0.15) is 13.2 Å². The third-order valence-corrected chi connectivity index (χ3v) is 3.96. The van der Waals surface area contributed by atoms with Crippen LogP contribution in [0.25, 0.3) is 0 Å². The van der Waals surface area contributed by atoms with Crippen LogP contribution >= 0.6 is 11.6 Å². The molecule has 0 radical (unpaired) electrons. The van der Waals surface area contributed by atoms with Crippen molar-refractivity contribution in [2.24, 2.45) is 0 Å². The van der Waals surface area contributed by atoms with E-state index >= 15 is 0 Å². The summed E-state index contributed by atoms with van der Waals surface area (Å²) >= 11 is 6.03. The van der Waals surface area contributed by atoms with Gasteiger partial charge in [-0.3, -0.25) is 0 Å². The summed E-state index contributed by atoms with van der Waals surface area (Å²) in [4.78, 5) is 0. The van der Waals surface area contributed by atoms with Gasteiger partial charge in [0.25, 0.3) is 0 Å². The van der Waals surface area contributed by atoms with Crippen molar-refractivity contribution in [3.8, 4) is 0 Å². The van der Waals surface area contributed by atoms with Crippen LogP contribution < -0.4 is 5.32 Å². The van der Waals surface area contributed by atoms with Crippen molar-refractivity contribution in [1.82, 2.24) is 0 Å². The van der Waals surface area contributed by atoms with Gasteiger partial charge in [-0.25, -0.2) is 0 Å². The lowest BCUT2D eigenvalue weighted by molar-refractivity contribution is -0.137. The highest BCUT2D eigenvalue weighted by atomic mass is 35.5. The second-order valence-corrected chi connectivity index (χ2v) is 5.72. The second-order valence-electron chi connectivity index (χ2n) is 5.28. The third kappa shape index (κ3) is 2.72. The molecular weight excluding hydrogens is 299 g/mol. The van der Waals surface area contributed by atoms with E-state index in [4.69, 9.17) is 11.6 Å². The van der Waals surface area contributed by atoms with Crippen molar-refractivity contribution in [2.75, 3.05) is 5.32 Å². The molecule has 1 unspecified atom stereocenters. The summed E-state index contributed by atoms with van der Waals surface area (Å²) in [5.74, 6) is 0. The minimum absolute atomic E-state index is 0.153. The van der Waals surface area contributed by atoms with E-state index in [0.717, 1.165) is 22.9 Å². The third-order valence-electron chi connectivity index (χ3n) is 3.74. The molecule has 1 atom stereocenters. The predicted octanol–water partition coefficient (Wildman–Crippen LogP) is 5.38. The second kappa shape index (κ2) is 4.95. The van der Waals surface area contributed by atoms with Crippen LogP contribution in [0.15, 0.2) is 36.4 Å². The number of nitrogens with one attached hydrogen (secondary N) is 1. The van der Waals surface area contributed by atoms with E-state index in [0.29, 0.717) is 17.0 Å². The van der Waals surface area contributed by atoms with Gasteiger partial charge in [0.05, 0.1) is 11.6 Å². The Hall–Kier alpha value is -1.68. The molecule has 0 aromatic heterocycles. The van der Waals surface area contributed by atoms with Gasteiger partial charge < -0.3 is 5.32 Å². The number of anilines is 1. The molecule has 0 saturated carbocycles. The Balaban J connectivity index is 1.93. The number of alkyl halides is 3. The molecule has 2 aromatic carbocycles. The van der Waals surface area contributed by atoms with Crippen LogP contribution in [0.5, 0.6) is 0 Å². The molecule has 1 heterocycles. The van der Waals surface area contributed by atoms with Crippen molar-refractivity contribution < 1.29 is 13.2 Å². The summed E-state index contributed by atoms with van der Waals surface area (Å²) in [6.07, 6.45) is -3.68. The molecule has 0 aliphatic carbocycles. The van der Waals surface area contributed by atoms with Gasteiger partial charge >= 0.3 is 6.18 Å². The minimum atomic E-state index is -4.32. The first kappa shape index (κ1) is 14.3. The van der Waals surface area contributed by atoms with Crippen molar-refractivity contribution in [3.63, 3.8) is 0 Å². The molecule has 0 saturated heterocycles. The maximum atomic E-state index is 12.8. The zero-order chi connectivity index (χ0) is 15.2. The number of fused-ring (bicyclic) bond motifs is 1. The molecule has 3 rings (SSSR count). The van der Waals surface area contributed by atoms with Crippen LogP contribution in [0, 0.1) is 6.92 Å². The molecule has 0 amide bonds. The van der Waals surface area contributed by atoms with Crippen molar-refractivity contribution in [1.29, 1.82) is 0 Å². The maximum Gasteiger partial charge on any atom is 0.416 e. The van der Waals surface area contributed by atoms with Crippen LogP contribution in [0.1, 0.15) is 28.3 Å². The van der Waals surface area contributed by atoms with Gasteiger partial charge in [0, 0.05) is 10.7 Å². The van der Waals surface area contributed by atoms with Gasteiger partial charge in [0.1, 0.15) is 0 Å². The Morgan fingerprint density at radius 3 is 2.67 bits per heavy atom. The topological polar surface area (TPSA) is 12.0 Å². The molecule has 1 aliphatic heterocycles. The Labute approximate surface area is 125 Å². The Morgan fingerprint density at radius 1 is 1.19 bits per heavy atom. The first-order valence-corrected chi connectivity index (χ1v) is 6.95. The number of benzene rings is 2. The Kier molecular flexibility index (Phi) is 3.36. The fourth-order valence-corrected chi connectivity index (χ4v) is 3.05. The van der Waals surface area contributed by atoms with Gasteiger partial charge in [-0.15, -0.1) is 0 Å². The largest absolute Gasteiger partial charge is 0.416 e. The number of aryl methyl sites for hydroxylation is 1. The lowest BCUT2D eigenvalue weighted by atomic mass is 10.0. The van der Waals surface area contributed by atoms with E-state index < -0.39 is 11.7 Å². The zero-order valence-corrected chi connectivity index (χ0v) is 12.0. The molecule has 2 aromatic rings. The first-order valence-electron chi connectivity index (χ1n) is 6.57. The van der Waals surface area contributed by atoms with Crippen molar-refractivity contribution >= 4 is 17.3 Å².